The van der Waals surface area contributed by atoms with Gasteiger partial charge < -0.3 is 14.2 Å². The number of nitrogens with zero attached hydrogens (tertiary/aromatic N) is 2. The standard InChI is InChI=1S/C18H22N2O3/c1-21-17-16-5-3-2-4-15(16)14(12-19-17)13-20-8-6-18(7-9-20)22-10-11-23-18/h2-5,12H,6-11,13H2,1H3. The highest BCUT2D eigenvalue weighted by molar-refractivity contribution is 5.89. The van der Waals surface area contributed by atoms with E-state index >= 15 is 0 Å². The minimum atomic E-state index is -0.309. The lowest BCUT2D eigenvalue weighted by molar-refractivity contribution is -0.185. The minimum Gasteiger partial charge on any atom is -0.481 e. The maximum atomic E-state index is 5.80. The van der Waals surface area contributed by atoms with Gasteiger partial charge in [-0.3, -0.25) is 4.90 Å². The topological polar surface area (TPSA) is 43.8 Å². The number of piperidine rings is 1. The molecule has 2 fully saturated rings. The first-order valence-corrected chi connectivity index (χ1v) is 8.21. The molecule has 1 aromatic carbocycles. The van der Waals surface area contributed by atoms with Crippen molar-refractivity contribution in [3.63, 3.8) is 0 Å². The quantitative estimate of drug-likeness (QED) is 0.871. The van der Waals surface area contributed by atoms with Gasteiger partial charge in [-0.2, -0.15) is 0 Å². The molecule has 0 aliphatic carbocycles. The third-order valence-electron chi connectivity index (χ3n) is 4.86. The fourth-order valence-electron chi connectivity index (χ4n) is 3.59. The van der Waals surface area contributed by atoms with Crippen LogP contribution in [0.2, 0.25) is 0 Å². The summed E-state index contributed by atoms with van der Waals surface area (Å²) in [6.07, 6.45) is 3.82. The molecule has 0 saturated carbocycles. The van der Waals surface area contributed by atoms with Crippen molar-refractivity contribution < 1.29 is 14.2 Å². The molecule has 0 atom stereocenters. The van der Waals surface area contributed by atoms with E-state index in [4.69, 9.17) is 14.2 Å². The number of pyridine rings is 1. The van der Waals surface area contributed by atoms with E-state index in [9.17, 15) is 0 Å². The van der Waals surface area contributed by atoms with Crippen molar-refractivity contribution in [2.45, 2.75) is 25.2 Å². The molecule has 3 heterocycles. The molecule has 0 N–H and O–H groups in total. The molecule has 2 aliphatic rings. The summed E-state index contributed by atoms with van der Waals surface area (Å²) in [5.41, 5.74) is 1.24. The number of hydrogen-bond acceptors (Lipinski definition) is 5. The van der Waals surface area contributed by atoms with Gasteiger partial charge in [0, 0.05) is 44.1 Å². The highest BCUT2D eigenvalue weighted by atomic mass is 16.7. The average Bonchev–Trinajstić information content (AvgIpc) is 3.06. The maximum Gasteiger partial charge on any atom is 0.221 e. The molecular formula is C18H22N2O3. The molecule has 2 aromatic rings. The molecule has 122 valence electrons. The van der Waals surface area contributed by atoms with Gasteiger partial charge in [0.15, 0.2) is 5.79 Å². The minimum absolute atomic E-state index is 0.309. The molecule has 0 unspecified atom stereocenters. The molecule has 1 aromatic heterocycles. The van der Waals surface area contributed by atoms with Gasteiger partial charge in [0.2, 0.25) is 5.88 Å². The van der Waals surface area contributed by atoms with Crippen LogP contribution in [-0.4, -0.2) is 49.1 Å². The van der Waals surface area contributed by atoms with Crippen LogP contribution in [0.1, 0.15) is 18.4 Å². The van der Waals surface area contributed by atoms with Crippen molar-refractivity contribution in [3.8, 4) is 5.88 Å². The van der Waals surface area contributed by atoms with Crippen molar-refractivity contribution >= 4 is 10.8 Å². The van der Waals surface area contributed by atoms with Crippen molar-refractivity contribution in [2.75, 3.05) is 33.4 Å². The Bertz CT molecular complexity index is 688. The molecule has 4 rings (SSSR count). The van der Waals surface area contributed by atoms with Crippen molar-refractivity contribution in [3.05, 3.63) is 36.0 Å². The van der Waals surface area contributed by atoms with E-state index in [2.05, 4.69) is 28.1 Å². The lowest BCUT2D eigenvalue weighted by Gasteiger charge is -2.37. The Morgan fingerprint density at radius 1 is 1.13 bits per heavy atom. The van der Waals surface area contributed by atoms with Gasteiger partial charge in [0.05, 0.1) is 20.3 Å². The molecule has 2 saturated heterocycles. The van der Waals surface area contributed by atoms with Crippen LogP contribution in [0.4, 0.5) is 0 Å². The number of methoxy groups -OCH3 is 1. The zero-order valence-corrected chi connectivity index (χ0v) is 13.5. The predicted molar refractivity (Wildman–Crippen MR) is 87.4 cm³/mol. The van der Waals surface area contributed by atoms with Gasteiger partial charge in [-0.1, -0.05) is 18.2 Å². The summed E-state index contributed by atoms with van der Waals surface area (Å²) < 4.78 is 17.0. The summed E-state index contributed by atoms with van der Waals surface area (Å²) in [5.74, 6) is 0.381. The van der Waals surface area contributed by atoms with Gasteiger partial charge in [0.25, 0.3) is 0 Å². The summed E-state index contributed by atoms with van der Waals surface area (Å²) in [6.45, 7) is 4.33. The Kier molecular flexibility index (Phi) is 3.93. The summed E-state index contributed by atoms with van der Waals surface area (Å²) >= 11 is 0. The molecule has 2 aliphatic heterocycles. The van der Waals surface area contributed by atoms with Crippen LogP contribution >= 0.6 is 0 Å². The second-order valence-electron chi connectivity index (χ2n) is 6.22. The number of hydrogen-bond donors (Lipinski definition) is 0. The van der Waals surface area contributed by atoms with Crippen LogP contribution in [0.5, 0.6) is 5.88 Å². The first kappa shape index (κ1) is 14.9. The Morgan fingerprint density at radius 2 is 1.83 bits per heavy atom. The highest BCUT2D eigenvalue weighted by Crippen LogP contribution is 2.33. The Balaban J connectivity index is 1.52. The molecule has 5 nitrogen and oxygen atoms in total. The Hall–Kier alpha value is -1.69. The van der Waals surface area contributed by atoms with Gasteiger partial charge in [-0.25, -0.2) is 4.98 Å². The fourth-order valence-corrected chi connectivity index (χ4v) is 3.59. The number of benzene rings is 1. The van der Waals surface area contributed by atoms with E-state index in [1.165, 1.54) is 10.9 Å². The van der Waals surface area contributed by atoms with Crippen molar-refractivity contribution in [1.82, 2.24) is 9.88 Å². The second-order valence-corrected chi connectivity index (χ2v) is 6.22. The molecule has 0 radical (unpaired) electrons. The first-order chi connectivity index (χ1) is 11.3. The lowest BCUT2D eigenvalue weighted by Crippen LogP contribution is -2.44. The summed E-state index contributed by atoms with van der Waals surface area (Å²) in [5, 5.41) is 2.29. The van der Waals surface area contributed by atoms with Crippen molar-refractivity contribution in [2.24, 2.45) is 0 Å². The van der Waals surface area contributed by atoms with E-state index in [1.807, 2.05) is 12.3 Å². The molecule has 1 spiro atoms. The van der Waals surface area contributed by atoms with Crippen LogP contribution in [0, 0.1) is 0 Å². The monoisotopic (exact) mass is 314 g/mol. The van der Waals surface area contributed by atoms with Crippen molar-refractivity contribution in [1.29, 1.82) is 0 Å². The SMILES string of the molecule is COc1ncc(CN2CCC3(CC2)OCCO3)c2ccccc12. The summed E-state index contributed by atoms with van der Waals surface area (Å²) in [6, 6.07) is 8.30. The Morgan fingerprint density at radius 3 is 2.52 bits per heavy atom. The summed E-state index contributed by atoms with van der Waals surface area (Å²) in [7, 11) is 1.67. The normalized spacial score (nSPS) is 21.1. The second kappa shape index (κ2) is 6.07. The van der Waals surface area contributed by atoms with Gasteiger partial charge >= 0.3 is 0 Å². The number of ether oxygens (including phenoxy) is 3. The number of aromatic nitrogens is 1. The largest absolute Gasteiger partial charge is 0.481 e. The zero-order valence-electron chi connectivity index (χ0n) is 13.5. The Labute approximate surface area is 136 Å². The lowest BCUT2D eigenvalue weighted by atomic mass is 10.0. The fraction of sp³-hybridized carbons (Fsp3) is 0.500. The highest BCUT2D eigenvalue weighted by Gasteiger charge is 2.39. The van der Waals surface area contributed by atoms with Gasteiger partial charge in [-0.15, -0.1) is 0 Å². The number of likely N-dealkylation sites (tertiary alicyclic amines) is 1. The van der Waals surface area contributed by atoms with Gasteiger partial charge in [-0.05, 0) is 17.0 Å². The number of rotatable bonds is 3. The van der Waals surface area contributed by atoms with E-state index in [1.54, 1.807) is 7.11 Å². The summed E-state index contributed by atoms with van der Waals surface area (Å²) in [4.78, 5) is 6.91. The van der Waals surface area contributed by atoms with E-state index < -0.39 is 0 Å². The third kappa shape index (κ3) is 2.80. The van der Waals surface area contributed by atoms with Crippen LogP contribution < -0.4 is 4.74 Å². The molecule has 5 heteroatoms. The molecular weight excluding hydrogens is 292 g/mol. The van der Waals surface area contributed by atoms with Crippen LogP contribution in [0.25, 0.3) is 10.8 Å². The molecule has 0 amide bonds. The molecule has 0 bridgehead atoms. The maximum absolute atomic E-state index is 5.80. The van der Waals surface area contributed by atoms with E-state index in [-0.39, 0.29) is 5.79 Å². The first-order valence-electron chi connectivity index (χ1n) is 8.21. The van der Waals surface area contributed by atoms with Crippen LogP contribution in [-0.2, 0) is 16.0 Å². The third-order valence-corrected chi connectivity index (χ3v) is 4.86. The van der Waals surface area contributed by atoms with Gasteiger partial charge in [0.1, 0.15) is 0 Å². The predicted octanol–water partition coefficient (Wildman–Crippen LogP) is 2.58. The smallest absolute Gasteiger partial charge is 0.221 e. The van der Waals surface area contributed by atoms with Crippen LogP contribution in [0.15, 0.2) is 30.5 Å². The molecule has 23 heavy (non-hydrogen) atoms. The number of fused-ring (bicyclic) bond motifs is 1. The van der Waals surface area contributed by atoms with E-state index in [0.717, 1.165) is 51.1 Å². The van der Waals surface area contributed by atoms with Crippen LogP contribution in [0.3, 0.4) is 0 Å². The zero-order chi connectivity index (χ0) is 15.7. The van der Waals surface area contributed by atoms with E-state index in [0.29, 0.717) is 5.88 Å². The average molecular weight is 314 g/mol.